The molecule has 5 heteroatoms. The van der Waals surface area contributed by atoms with Crippen LogP contribution in [0.5, 0.6) is 0 Å². The van der Waals surface area contributed by atoms with Crippen LogP contribution in [0.2, 0.25) is 0 Å². The third-order valence-corrected chi connectivity index (χ3v) is 1.97. The Hall–Kier alpha value is -1.20. The zero-order valence-corrected chi connectivity index (χ0v) is 9.23. The van der Waals surface area contributed by atoms with Crippen LogP contribution in [0.25, 0.3) is 0 Å². The van der Waals surface area contributed by atoms with Gasteiger partial charge in [-0.1, -0.05) is 0 Å². The largest absolute Gasteiger partial charge is 0.383 e. The lowest BCUT2D eigenvalue weighted by Gasteiger charge is -2.10. The molecular weight excluding hydrogens is 192 g/mol. The third kappa shape index (κ3) is 4.71. The highest BCUT2D eigenvalue weighted by Gasteiger charge is 2.01. The molecule has 0 aliphatic rings. The van der Waals surface area contributed by atoms with Crippen molar-refractivity contribution in [3.8, 4) is 0 Å². The van der Waals surface area contributed by atoms with Crippen molar-refractivity contribution in [1.82, 2.24) is 9.97 Å². The molecule has 0 aromatic carbocycles. The van der Waals surface area contributed by atoms with Gasteiger partial charge in [0.2, 0.25) is 5.95 Å². The number of rotatable bonds is 6. The van der Waals surface area contributed by atoms with Crippen LogP contribution in [0.1, 0.15) is 12.1 Å². The number of methoxy groups -OCH3 is 1. The fraction of sp³-hybridized carbons (Fsp3) is 0.600. The van der Waals surface area contributed by atoms with Crippen molar-refractivity contribution in [1.29, 1.82) is 0 Å². The van der Waals surface area contributed by atoms with Crippen molar-refractivity contribution in [3.05, 3.63) is 18.0 Å². The van der Waals surface area contributed by atoms with E-state index in [1.54, 1.807) is 13.3 Å². The predicted octanol–water partition coefficient (Wildman–Crippen LogP) is 0.561. The van der Waals surface area contributed by atoms with Crippen LogP contribution in [0.15, 0.2) is 12.3 Å². The van der Waals surface area contributed by atoms with Crippen LogP contribution in [0.3, 0.4) is 0 Å². The van der Waals surface area contributed by atoms with E-state index < -0.39 is 0 Å². The number of anilines is 1. The van der Waals surface area contributed by atoms with Crippen molar-refractivity contribution in [2.45, 2.75) is 19.4 Å². The molecule has 0 aliphatic carbocycles. The molecule has 1 aromatic heterocycles. The van der Waals surface area contributed by atoms with Gasteiger partial charge >= 0.3 is 0 Å². The first-order valence-corrected chi connectivity index (χ1v) is 5.00. The van der Waals surface area contributed by atoms with E-state index in [4.69, 9.17) is 10.5 Å². The molecule has 1 aromatic rings. The lowest BCUT2D eigenvalue weighted by molar-refractivity contribution is 0.178. The summed E-state index contributed by atoms with van der Waals surface area (Å²) < 4.78 is 4.94. The van der Waals surface area contributed by atoms with E-state index in [2.05, 4.69) is 15.3 Å². The molecule has 15 heavy (non-hydrogen) atoms. The lowest BCUT2D eigenvalue weighted by atomic mass is 10.2. The lowest BCUT2D eigenvalue weighted by Crippen LogP contribution is -2.28. The fourth-order valence-electron chi connectivity index (χ4n) is 1.20. The number of hydrogen-bond donors (Lipinski definition) is 2. The van der Waals surface area contributed by atoms with Crippen LogP contribution in [-0.2, 0) is 4.74 Å². The standard InChI is InChI=1S/C10H18N4O/c1-8-3-5-12-10(14-8)13-6-4-9(11)7-15-2/h3,5,9H,4,6-7,11H2,1-2H3,(H,12,13,14). The highest BCUT2D eigenvalue weighted by atomic mass is 16.5. The van der Waals surface area contributed by atoms with Gasteiger partial charge in [-0.05, 0) is 19.4 Å². The summed E-state index contributed by atoms with van der Waals surface area (Å²) in [4.78, 5) is 8.31. The van der Waals surface area contributed by atoms with Crippen molar-refractivity contribution < 1.29 is 4.74 Å². The van der Waals surface area contributed by atoms with Gasteiger partial charge < -0.3 is 15.8 Å². The van der Waals surface area contributed by atoms with Crippen molar-refractivity contribution in [3.63, 3.8) is 0 Å². The van der Waals surface area contributed by atoms with Gasteiger partial charge in [0.15, 0.2) is 0 Å². The van der Waals surface area contributed by atoms with Crippen molar-refractivity contribution >= 4 is 5.95 Å². The Bertz CT molecular complexity index is 293. The van der Waals surface area contributed by atoms with E-state index in [-0.39, 0.29) is 6.04 Å². The maximum atomic E-state index is 5.77. The molecule has 0 amide bonds. The Morgan fingerprint density at radius 3 is 3.07 bits per heavy atom. The molecule has 3 N–H and O–H groups in total. The van der Waals surface area contributed by atoms with Gasteiger partial charge in [-0.2, -0.15) is 0 Å². The summed E-state index contributed by atoms with van der Waals surface area (Å²) in [6.07, 6.45) is 2.57. The first kappa shape index (κ1) is 11.9. The second-order valence-electron chi connectivity index (χ2n) is 3.45. The van der Waals surface area contributed by atoms with Crippen LogP contribution >= 0.6 is 0 Å². The van der Waals surface area contributed by atoms with Crippen LogP contribution in [0.4, 0.5) is 5.95 Å². The Morgan fingerprint density at radius 1 is 1.60 bits per heavy atom. The molecule has 0 spiro atoms. The smallest absolute Gasteiger partial charge is 0.222 e. The average molecular weight is 210 g/mol. The maximum Gasteiger partial charge on any atom is 0.222 e. The number of nitrogens with zero attached hydrogens (tertiary/aromatic N) is 2. The number of hydrogen-bond acceptors (Lipinski definition) is 5. The van der Waals surface area contributed by atoms with Gasteiger partial charge in [0.1, 0.15) is 0 Å². The van der Waals surface area contributed by atoms with Gasteiger partial charge in [-0.3, -0.25) is 0 Å². The summed E-state index contributed by atoms with van der Waals surface area (Å²) in [5.74, 6) is 0.652. The van der Waals surface area contributed by atoms with Crippen LogP contribution in [0, 0.1) is 6.92 Å². The molecular formula is C10H18N4O. The van der Waals surface area contributed by atoms with Gasteiger partial charge in [0.25, 0.3) is 0 Å². The molecule has 84 valence electrons. The molecule has 1 rings (SSSR count). The zero-order valence-electron chi connectivity index (χ0n) is 9.23. The van der Waals surface area contributed by atoms with E-state index >= 15 is 0 Å². The second-order valence-corrected chi connectivity index (χ2v) is 3.45. The summed E-state index contributed by atoms with van der Waals surface area (Å²) in [5, 5.41) is 3.12. The summed E-state index contributed by atoms with van der Waals surface area (Å²) in [6.45, 7) is 3.27. The minimum absolute atomic E-state index is 0.0623. The zero-order chi connectivity index (χ0) is 11.1. The van der Waals surface area contributed by atoms with E-state index in [1.165, 1.54) is 0 Å². The third-order valence-electron chi connectivity index (χ3n) is 1.97. The second kappa shape index (κ2) is 6.31. The Kier molecular flexibility index (Phi) is 5.00. The Morgan fingerprint density at radius 2 is 2.40 bits per heavy atom. The minimum Gasteiger partial charge on any atom is -0.383 e. The average Bonchev–Trinajstić information content (AvgIpc) is 2.18. The normalized spacial score (nSPS) is 12.5. The molecule has 1 atom stereocenters. The molecule has 0 saturated carbocycles. The molecule has 1 heterocycles. The maximum absolute atomic E-state index is 5.77. The van der Waals surface area contributed by atoms with Gasteiger partial charge in [0.05, 0.1) is 6.61 Å². The van der Waals surface area contributed by atoms with Gasteiger partial charge in [-0.25, -0.2) is 9.97 Å². The minimum atomic E-state index is 0.0623. The van der Waals surface area contributed by atoms with Gasteiger partial charge in [-0.15, -0.1) is 0 Å². The van der Waals surface area contributed by atoms with E-state index in [0.29, 0.717) is 12.6 Å². The van der Waals surface area contributed by atoms with Crippen LogP contribution < -0.4 is 11.1 Å². The highest BCUT2D eigenvalue weighted by molar-refractivity contribution is 5.24. The molecule has 0 saturated heterocycles. The number of aryl methyl sites for hydroxylation is 1. The van der Waals surface area contributed by atoms with E-state index in [9.17, 15) is 0 Å². The topological polar surface area (TPSA) is 73.1 Å². The van der Waals surface area contributed by atoms with E-state index in [1.807, 2.05) is 13.0 Å². The number of ether oxygens (including phenoxy) is 1. The van der Waals surface area contributed by atoms with Crippen molar-refractivity contribution in [2.24, 2.45) is 5.73 Å². The summed E-state index contributed by atoms with van der Waals surface area (Å²) >= 11 is 0. The quantitative estimate of drug-likeness (QED) is 0.717. The number of nitrogens with one attached hydrogen (secondary N) is 1. The van der Waals surface area contributed by atoms with Crippen molar-refractivity contribution in [2.75, 3.05) is 25.6 Å². The first-order valence-electron chi connectivity index (χ1n) is 5.00. The predicted molar refractivity (Wildman–Crippen MR) is 59.7 cm³/mol. The van der Waals surface area contributed by atoms with Crippen LogP contribution in [-0.4, -0.2) is 36.3 Å². The number of aromatic nitrogens is 2. The Labute approximate surface area is 90.1 Å². The molecule has 5 nitrogen and oxygen atoms in total. The Balaban J connectivity index is 2.25. The molecule has 0 radical (unpaired) electrons. The fourth-order valence-corrected chi connectivity index (χ4v) is 1.20. The SMILES string of the molecule is COCC(N)CCNc1nccc(C)n1. The number of nitrogens with two attached hydrogens (primary N) is 1. The van der Waals surface area contributed by atoms with Gasteiger partial charge in [0, 0.05) is 31.6 Å². The molecule has 0 bridgehead atoms. The summed E-state index contributed by atoms with van der Waals surface area (Å²) in [6, 6.07) is 1.93. The molecule has 1 unspecified atom stereocenters. The summed E-state index contributed by atoms with van der Waals surface area (Å²) in [5.41, 5.74) is 6.72. The summed E-state index contributed by atoms with van der Waals surface area (Å²) in [7, 11) is 1.65. The van der Waals surface area contributed by atoms with E-state index in [0.717, 1.165) is 18.7 Å². The molecule has 0 fully saturated rings. The highest BCUT2D eigenvalue weighted by Crippen LogP contribution is 1.99. The molecule has 0 aliphatic heterocycles. The monoisotopic (exact) mass is 210 g/mol. The first-order chi connectivity index (χ1) is 7.22.